The Hall–Kier alpha value is -1.53. The minimum absolute atomic E-state index is 0. The maximum atomic E-state index is 8.89. The first kappa shape index (κ1) is 42.8. The predicted molar refractivity (Wildman–Crippen MR) is 53.4 cm³/mol. The van der Waals surface area contributed by atoms with Crippen molar-refractivity contribution >= 4 is 29.8 Å². The number of carboxylic acids is 5. The van der Waals surface area contributed by atoms with Crippen LogP contribution in [0.1, 0.15) is 34.6 Å². The summed E-state index contributed by atoms with van der Waals surface area (Å²) in [7, 11) is 0. The quantitative estimate of drug-likeness (QED) is 0.317. The normalized spacial score (nSPS) is 5.68. The molecule has 0 aliphatic heterocycles. The fourth-order valence-electron chi connectivity index (χ4n) is 0. The van der Waals surface area contributed by atoms with Crippen molar-refractivity contribution < 1.29 is 85.5 Å². The number of hydrogen-bond acceptors (Lipinski definition) is 10. The largest absolute Gasteiger partial charge is 3.00 e. The Balaban J connectivity index is -0.0000000250. The topological polar surface area (TPSA) is 201 Å². The van der Waals surface area contributed by atoms with Crippen LogP contribution in [0.4, 0.5) is 0 Å². The zero-order valence-corrected chi connectivity index (χ0v) is 15.0. The Morgan fingerprint density at radius 2 is 0.455 bits per heavy atom. The van der Waals surface area contributed by atoms with E-state index < -0.39 is 29.8 Å². The summed E-state index contributed by atoms with van der Waals surface area (Å²) in [4.78, 5) is 44.4. The van der Waals surface area contributed by atoms with Crippen LogP contribution >= 0.6 is 0 Å². The van der Waals surface area contributed by atoms with Crippen LogP contribution in [0.25, 0.3) is 0 Å². The van der Waals surface area contributed by atoms with Crippen LogP contribution in [-0.4, -0.2) is 29.8 Å². The van der Waals surface area contributed by atoms with Crippen molar-refractivity contribution in [3.05, 3.63) is 0 Å². The van der Waals surface area contributed by atoms with Gasteiger partial charge in [-0.25, -0.2) is 0 Å². The van der Waals surface area contributed by atoms with Gasteiger partial charge in [0.1, 0.15) is 0 Å². The zero-order chi connectivity index (χ0) is 17.9. The van der Waals surface area contributed by atoms with Crippen LogP contribution in [0.15, 0.2) is 0 Å². The molecule has 133 valence electrons. The maximum Gasteiger partial charge on any atom is 3.00 e. The van der Waals surface area contributed by atoms with Crippen LogP contribution in [0.3, 0.4) is 0 Å². The van der Waals surface area contributed by atoms with Crippen molar-refractivity contribution in [1.29, 1.82) is 0 Å². The standard InChI is InChI=1S/5C2H4O2.Ni.Ru/c5*1-2(3)4;;/h5*1H3,(H,3,4);;/q;;;;;+2;+3/p-5. The second kappa shape index (κ2) is 36.6. The van der Waals surface area contributed by atoms with E-state index in [0.717, 1.165) is 34.6 Å². The first-order chi connectivity index (χ1) is 8.66. The molecule has 0 aliphatic rings. The van der Waals surface area contributed by atoms with Gasteiger partial charge in [-0.15, -0.1) is 0 Å². The van der Waals surface area contributed by atoms with Crippen LogP contribution < -0.4 is 25.5 Å². The zero-order valence-electron chi connectivity index (χ0n) is 12.3. The van der Waals surface area contributed by atoms with Crippen molar-refractivity contribution in [2.45, 2.75) is 34.6 Å². The number of carboxylic acid groups (broad SMARTS) is 5. The molecule has 0 unspecified atom stereocenters. The number of hydrogen-bond donors (Lipinski definition) is 0. The molecule has 0 atom stereocenters. The van der Waals surface area contributed by atoms with Crippen molar-refractivity contribution in [3.8, 4) is 0 Å². The van der Waals surface area contributed by atoms with Gasteiger partial charge in [-0.1, -0.05) is 0 Å². The molecule has 1 radical (unpaired) electrons. The van der Waals surface area contributed by atoms with E-state index in [1.54, 1.807) is 0 Å². The van der Waals surface area contributed by atoms with Gasteiger partial charge in [0.15, 0.2) is 0 Å². The third-order valence-corrected chi connectivity index (χ3v) is 0. The van der Waals surface area contributed by atoms with E-state index in [4.69, 9.17) is 49.5 Å². The summed E-state index contributed by atoms with van der Waals surface area (Å²) >= 11 is 0. The maximum absolute atomic E-state index is 8.89. The molecule has 0 fully saturated rings. The summed E-state index contributed by atoms with van der Waals surface area (Å²) in [5, 5.41) is 44.4. The molecule has 0 amide bonds. The van der Waals surface area contributed by atoms with Gasteiger partial charge in [0.2, 0.25) is 0 Å². The van der Waals surface area contributed by atoms with Crippen LogP contribution in [0.5, 0.6) is 0 Å². The average Bonchev–Trinajstić information content (AvgIpc) is 1.94. The second-order valence-corrected chi connectivity index (χ2v) is 2.46. The minimum atomic E-state index is -1.08. The van der Waals surface area contributed by atoms with Gasteiger partial charge in [-0.2, -0.15) is 0 Å². The molecule has 12 heteroatoms. The molecule has 0 saturated heterocycles. The number of aliphatic carboxylic acids is 5. The van der Waals surface area contributed by atoms with Crippen LogP contribution in [-0.2, 0) is 59.9 Å². The van der Waals surface area contributed by atoms with Gasteiger partial charge in [0.25, 0.3) is 0 Å². The number of carbonyl (C=O) groups is 5. The average molecular weight is 455 g/mol. The molecule has 0 aromatic carbocycles. The van der Waals surface area contributed by atoms with Gasteiger partial charge >= 0.3 is 36.0 Å². The van der Waals surface area contributed by atoms with E-state index in [0.29, 0.717) is 0 Å². The Morgan fingerprint density at radius 1 is 0.455 bits per heavy atom. The first-order valence-electron chi connectivity index (χ1n) is 4.54. The third kappa shape index (κ3) is 2400. The van der Waals surface area contributed by atoms with Gasteiger partial charge in [-0.05, 0) is 34.6 Å². The molecular weight excluding hydrogens is 440 g/mol. The summed E-state index contributed by atoms with van der Waals surface area (Å²) < 4.78 is 0. The predicted octanol–water partition coefficient (Wildman–Crippen LogP) is -6.22. The smallest absolute Gasteiger partial charge is 0.550 e. The van der Waals surface area contributed by atoms with Crippen molar-refractivity contribution in [1.82, 2.24) is 0 Å². The fraction of sp³-hybridized carbons (Fsp3) is 0.500. The molecule has 0 rings (SSSR count). The summed E-state index contributed by atoms with van der Waals surface area (Å²) in [6.07, 6.45) is 0. The van der Waals surface area contributed by atoms with E-state index in [1.807, 2.05) is 0 Å². The monoisotopic (exact) mass is 455 g/mol. The SMILES string of the molecule is CC(=O)[O-].CC(=O)[O-].CC(=O)[O-].CC(=O)[O-].CC(=O)[O-].[Ni+2].[Ru+3]. The fourth-order valence-corrected chi connectivity index (χ4v) is 0. The van der Waals surface area contributed by atoms with Gasteiger partial charge in [0, 0.05) is 29.8 Å². The van der Waals surface area contributed by atoms with Gasteiger partial charge in [0.05, 0.1) is 0 Å². The van der Waals surface area contributed by atoms with Crippen molar-refractivity contribution in [3.63, 3.8) is 0 Å². The molecule has 0 heterocycles. The van der Waals surface area contributed by atoms with E-state index in [1.165, 1.54) is 0 Å². The molecular formula is C10H15NiO10Ru. The third-order valence-electron chi connectivity index (χ3n) is 0. The molecule has 0 aromatic rings. The molecule has 0 spiro atoms. The molecule has 0 bridgehead atoms. The van der Waals surface area contributed by atoms with Crippen molar-refractivity contribution in [2.75, 3.05) is 0 Å². The van der Waals surface area contributed by atoms with Crippen LogP contribution in [0.2, 0.25) is 0 Å². The summed E-state index contributed by atoms with van der Waals surface area (Å²) in [6, 6.07) is 0. The summed E-state index contributed by atoms with van der Waals surface area (Å²) in [5.74, 6) is -5.42. The van der Waals surface area contributed by atoms with Gasteiger partial charge in [-0.3, -0.25) is 0 Å². The van der Waals surface area contributed by atoms with E-state index in [9.17, 15) is 0 Å². The molecule has 22 heavy (non-hydrogen) atoms. The molecule has 0 saturated carbocycles. The number of rotatable bonds is 0. The van der Waals surface area contributed by atoms with E-state index in [-0.39, 0.29) is 36.0 Å². The second-order valence-electron chi connectivity index (χ2n) is 2.46. The molecule has 0 aliphatic carbocycles. The minimum Gasteiger partial charge on any atom is -0.550 e. The van der Waals surface area contributed by atoms with Gasteiger partial charge < -0.3 is 49.5 Å². The van der Waals surface area contributed by atoms with E-state index >= 15 is 0 Å². The summed E-state index contributed by atoms with van der Waals surface area (Å²) in [6.45, 7) is 4.86. The number of carbonyl (C=O) groups excluding carboxylic acids is 5. The Labute approximate surface area is 150 Å². The first-order valence-corrected chi connectivity index (χ1v) is 4.54. The Morgan fingerprint density at radius 3 is 0.455 bits per heavy atom. The summed E-state index contributed by atoms with van der Waals surface area (Å²) in [5.41, 5.74) is 0. The molecule has 10 nitrogen and oxygen atoms in total. The Bertz CT molecular complexity index is 216. The van der Waals surface area contributed by atoms with Crippen molar-refractivity contribution in [2.24, 2.45) is 0 Å². The molecule has 0 N–H and O–H groups in total. The Kier molecular flexibility index (Phi) is 71.2. The van der Waals surface area contributed by atoms with Crippen LogP contribution in [0, 0.1) is 0 Å². The van der Waals surface area contributed by atoms with E-state index in [2.05, 4.69) is 0 Å². The molecule has 0 aromatic heterocycles.